The zero-order valence-electron chi connectivity index (χ0n) is 7.24. The Morgan fingerprint density at radius 2 is 2.08 bits per heavy atom. The van der Waals surface area contributed by atoms with Gasteiger partial charge in [0, 0.05) is 5.02 Å². The average molecular weight is 202 g/mol. The average Bonchev–Trinajstić information content (AvgIpc) is 2.08. The van der Waals surface area contributed by atoms with E-state index in [0.29, 0.717) is 10.6 Å². The Morgan fingerprint density at radius 1 is 1.46 bits per heavy atom. The Kier molecular flexibility index (Phi) is 3.14. The van der Waals surface area contributed by atoms with Gasteiger partial charge in [0.25, 0.3) is 0 Å². The number of rotatable bonds is 2. The standard InChI is InChI=1S/C9H12ClNO2/c1-5(12)9(11)7-4-6(13)2-3-8(7)10/h2-5,9,12-13H,11H2,1H3/t5-,9+/m0/s1. The van der Waals surface area contributed by atoms with E-state index >= 15 is 0 Å². The Bertz CT molecular complexity index is 302. The van der Waals surface area contributed by atoms with Crippen LogP contribution in [0.25, 0.3) is 0 Å². The van der Waals surface area contributed by atoms with Crippen molar-refractivity contribution >= 4 is 11.6 Å². The van der Waals surface area contributed by atoms with Crippen molar-refractivity contribution in [1.29, 1.82) is 0 Å². The van der Waals surface area contributed by atoms with Crippen LogP contribution in [0.5, 0.6) is 5.75 Å². The number of hydrogen-bond acceptors (Lipinski definition) is 3. The number of nitrogens with two attached hydrogens (primary N) is 1. The van der Waals surface area contributed by atoms with Crippen LogP contribution in [0.2, 0.25) is 5.02 Å². The fourth-order valence-electron chi connectivity index (χ4n) is 1.05. The maximum absolute atomic E-state index is 9.22. The van der Waals surface area contributed by atoms with Gasteiger partial charge in [-0.1, -0.05) is 11.6 Å². The van der Waals surface area contributed by atoms with Crippen LogP contribution in [0.15, 0.2) is 18.2 Å². The van der Waals surface area contributed by atoms with Crippen molar-refractivity contribution in [3.05, 3.63) is 28.8 Å². The number of hydrogen-bond donors (Lipinski definition) is 3. The second kappa shape index (κ2) is 3.96. The van der Waals surface area contributed by atoms with Crippen LogP contribution in [0.4, 0.5) is 0 Å². The third-order valence-electron chi connectivity index (χ3n) is 1.86. The van der Waals surface area contributed by atoms with Crippen molar-refractivity contribution in [2.75, 3.05) is 0 Å². The molecule has 0 amide bonds. The molecular formula is C9H12ClNO2. The molecule has 0 spiro atoms. The van der Waals surface area contributed by atoms with Gasteiger partial charge < -0.3 is 15.9 Å². The SMILES string of the molecule is C[C@H](O)[C@@H](N)c1cc(O)ccc1Cl. The zero-order valence-corrected chi connectivity index (χ0v) is 7.99. The zero-order chi connectivity index (χ0) is 10.0. The minimum absolute atomic E-state index is 0.0931. The molecule has 0 saturated heterocycles. The highest BCUT2D eigenvalue weighted by atomic mass is 35.5. The van der Waals surface area contributed by atoms with Crippen molar-refractivity contribution in [3.8, 4) is 5.75 Å². The summed E-state index contributed by atoms with van der Waals surface area (Å²) in [7, 11) is 0. The number of phenolic OH excluding ortho intramolecular Hbond substituents is 1. The summed E-state index contributed by atoms with van der Waals surface area (Å²) in [5, 5.41) is 18.8. The molecular weight excluding hydrogens is 190 g/mol. The molecule has 0 aromatic heterocycles. The highest BCUT2D eigenvalue weighted by molar-refractivity contribution is 6.31. The van der Waals surface area contributed by atoms with Gasteiger partial charge >= 0.3 is 0 Å². The Balaban J connectivity index is 3.05. The Labute approximate surface area is 81.8 Å². The van der Waals surface area contributed by atoms with Gasteiger partial charge in [0.15, 0.2) is 0 Å². The summed E-state index contributed by atoms with van der Waals surface area (Å²) < 4.78 is 0. The smallest absolute Gasteiger partial charge is 0.116 e. The van der Waals surface area contributed by atoms with Crippen molar-refractivity contribution in [3.63, 3.8) is 0 Å². The molecule has 0 fully saturated rings. The number of aliphatic hydroxyl groups is 1. The van der Waals surface area contributed by atoms with Gasteiger partial charge in [-0.25, -0.2) is 0 Å². The van der Waals surface area contributed by atoms with Crippen LogP contribution in [0.1, 0.15) is 18.5 Å². The first-order valence-corrected chi connectivity index (χ1v) is 4.32. The molecule has 4 N–H and O–H groups in total. The van der Waals surface area contributed by atoms with Gasteiger partial charge in [0.2, 0.25) is 0 Å². The molecule has 0 heterocycles. The van der Waals surface area contributed by atoms with Gasteiger partial charge in [-0.15, -0.1) is 0 Å². The van der Waals surface area contributed by atoms with Crippen molar-refractivity contribution < 1.29 is 10.2 Å². The van der Waals surface area contributed by atoms with E-state index in [1.54, 1.807) is 13.0 Å². The minimum Gasteiger partial charge on any atom is -0.508 e. The maximum Gasteiger partial charge on any atom is 0.116 e. The lowest BCUT2D eigenvalue weighted by atomic mass is 10.0. The minimum atomic E-state index is -0.695. The Hall–Kier alpha value is -0.770. The summed E-state index contributed by atoms with van der Waals surface area (Å²) >= 11 is 5.83. The van der Waals surface area contributed by atoms with Crippen LogP contribution in [0, 0.1) is 0 Å². The predicted molar refractivity (Wildman–Crippen MR) is 51.7 cm³/mol. The lowest BCUT2D eigenvalue weighted by molar-refractivity contribution is 0.164. The van der Waals surface area contributed by atoms with Crippen molar-refractivity contribution in [2.45, 2.75) is 19.1 Å². The van der Waals surface area contributed by atoms with Crippen LogP contribution in [-0.4, -0.2) is 16.3 Å². The molecule has 1 aromatic rings. The highest BCUT2D eigenvalue weighted by Crippen LogP contribution is 2.27. The van der Waals surface area contributed by atoms with Crippen LogP contribution >= 0.6 is 11.6 Å². The molecule has 0 radical (unpaired) electrons. The molecule has 4 heteroatoms. The van der Waals surface area contributed by atoms with Crippen LogP contribution < -0.4 is 5.73 Å². The summed E-state index contributed by atoms with van der Waals surface area (Å²) in [6.45, 7) is 1.57. The van der Waals surface area contributed by atoms with E-state index in [-0.39, 0.29) is 5.75 Å². The molecule has 1 aromatic carbocycles. The fourth-order valence-corrected chi connectivity index (χ4v) is 1.29. The van der Waals surface area contributed by atoms with Crippen LogP contribution in [-0.2, 0) is 0 Å². The molecule has 1 rings (SSSR count). The van der Waals surface area contributed by atoms with E-state index in [1.165, 1.54) is 12.1 Å². The second-order valence-electron chi connectivity index (χ2n) is 2.97. The topological polar surface area (TPSA) is 66.5 Å². The molecule has 3 nitrogen and oxygen atoms in total. The molecule has 0 bridgehead atoms. The number of halogens is 1. The third-order valence-corrected chi connectivity index (χ3v) is 2.20. The molecule has 72 valence electrons. The highest BCUT2D eigenvalue weighted by Gasteiger charge is 2.15. The molecule has 0 aliphatic rings. The predicted octanol–water partition coefficient (Wildman–Crippen LogP) is 1.43. The molecule has 0 aliphatic carbocycles. The van der Waals surface area contributed by atoms with Crippen molar-refractivity contribution in [1.82, 2.24) is 0 Å². The van der Waals surface area contributed by atoms with E-state index in [4.69, 9.17) is 17.3 Å². The maximum atomic E-state index is 9.22. The first kappa shape index (κ1) is 10.3. The largest absolute Gasteiger partial charge is 0.508 e. The van der Waals surface area contributed by atoms with Gasteiger partial charge in [-0.2, -0.15) is 0 Å². The summed E-state index contributed by atoms with van der Waals surface area (Å²) in [5.74, 6) is 0.0931. The molecule has 0 saturated carbocycles. The van der Waals surface area contributed by atoms with E-state index < -0.39 is 12.1 Å². The van der Waals surface area contributed by atoms with E-state index in [9.17, 15) is 10.2 Å². The lowest BCUT2D eigenvalue weighted by Crippen LogP contribution is -2.23. The van der Waals surface area contributed by atoms with Crippen molar-refractivity contribution in [2.24, 2.45) is 5.73 Å². The Morgan fingerprint density at radius 3 is 2.62 bits per heavy atom. The van der Waals surface area contributed by atoms with E-state index in [2.05, 4.69) is 0 Å². The molecule has 0 aliphatic heterocycles. The normalized spacial score (nSPS) is 15.4. The molecule has 2 atom stereocenters. The van der Waals surface area contributed by atoms with Gasteiger partial charge in [-0.3, -0.25) is 0 Å². The summed E-state index contributed by atoms with van der Waals surface area (Å²) in [6.07, 6.45) is -0.695. The molecule has 13 heavy (non-hydrogen) atoms. The summed E-state index contributed by atoms with van der Waals surface area (Å²) in [6, 6.07) is 3.91. The number of aliphatic hydroxyl groups excluding tert-OH is 1. The lowest BCUT2D eigenvalue weighted by Gasteiger charge is -2.16. The molecule has 0 unspecified atom stereocenters. The van der Waals surface area contributed by atoms with E-state index in [1.807, 2.05) is 0 Å². The van der Waals surface area contributed by atoms with E-state index in [0.717, 1.165) is 0 Å². The van der Waals surface area contributed by atoms with Crippen LogP contribution in [0.3, 0.4) is 0 Å². The number of phenols is 1. The monoisotopic (exact) mass is 201 g/mol. The third kappa shape index (κ3) is 2.34. The quantitative estimate of drug-likeness (QED) is 0.678. The number of aromatic hydroxyl groups is 1. The summed E-state index contributed by atoms with van der Waals surface area (Å²) in [5.41, 5.74) is 6.21. The first-order chi connectivity index (χ1) is 6.02. The summed E-state index contributed by atoms with van der Waals surface area (Å²) in [4.78, 5) is 0. The van der Waals surface area contributed by atoms with Gasteiger partial charge in [0.1, 0.15) is 5.75 Å². The van der Waals surface area contributed by atoms with Gasteiger partial charge in [-0.05, 0) is 30.7 Å². The fraction of sp³-hybridized carbons (Fsp3) is 0.333. The number of benzene rings is 1. The van der Waals surface area contributed by atoms with Gasteiger partial charge in [0.05, 0.1) is 12.1 Å². The first-order valence-electron chi connectivity index (χ1n) is 3.94. The second-order valence-corrected chi connectivity index (χ2v) is 3.38.